The fraction of sp³-hybridized carbons (Fsp3) is 0.105. The largest absolute Gasteiger partial charge is 0.208 e. The molecular formula is C57H43N3. The Labute approximate surface area is 352 Å². The molecule has 1 spiro atoms. The molecule has 0 atom stereocenters. The van der Waals surface area contributed by atoms with Crippen LogP contribution in [0.2, 0.25) is 0 Å². The van der Waals surface area contributed by atoms with Crippen molar-refractivity contribution in [2.24, 2.45) is 0 Å². The minimum atomic E-state index is 0.139. The molecule has 286 valence electrons. The summed E-state index contributed by atoms with van der Waals surface area (Å²) in [6.45, 7) is 0. The van der Waals surface area contributed by atoms with Crippen molar-refractivity contribution in [3.8, 4) is 89.8 Å². The molecule has 2 aliphatic rings. The maximum absolute atomic E-state index is 5.12. The Bertz CT molecular complexity index is 3020. The van der Waals surface area contributed by atoms with Crippen LogP contribution in [0.4, 0.5) is 0 Å². The maximum atomic E-state index is 5.12. The zero-order valence-corrected chi connectivity index (χ0v) is 33.4. The molecule has 60 heavy (non-hydrogen) atoms. The summed E-state index contributed by atoms with van der Waals surface area (Å²) >= 11 is 0. The summed E-state index contributed by atoms with van der Waals surface area (Å²) in [6, 6.07) is 71.9. The number of fused-ring (bicyclic) bond motifs is 5. The van der Waals surface area contributed by atoms with Crippen molar-refractivity contribution in [2.45, 2.75) is 37.5 Å². The third kappa shape index (κ3) is 6.44. The molecular weight excluding hydrogens is 727 g/mol. The summed E-state index contributed by atoms with van der Waals surface area (Å²) in [5.41, 5.74) is 18.4. The van der Waals surface area contributed by atoms with Crippen molar-refractivity contribution in [2.75, 3.05) is 0 Å². The average molecular weight is 770 g/mol. The lowest BCUT2D eigenvalue weighted by Crippen LogP contribution is -2.27. The molecule has 0 amide bonds. The zero-order valence-electron chi connectivity index (χ0n) is 33.4. The SMILES string of the molecule is c1ccc(-c2cccc(-c3nc(-c4ccccc4)nc(-c4cccc(-c5cccc(-c6cccc(-c7cccc8c7-c7ccccc7C87CCCCC7)c6)c5)c4)n3)c2)cc1. The van der Waals surface area contributed by atoms with Crippen LogP contribution in [0.15, 0.2) is 200 Å². The molecule has 11 rings (SSSR count). The second-order valence-corrected chi connectivity index (χ2v) is 16.3. The van der Waals surface area contributed by atoms with E-state index in [0.717, 1.165) is 38.9 Å². The van der Waals surface area contributed by atoms with Crippen molar-refractivity contribution in [1.29, 1.82) is 0 Å². The Hall–Kier alpha value is -7.23. The fourth-order valence-electron chi connectivity index (χ4n) is 9.84. The standard InChI is InChI=1S/C57H43N3/c1-4-17-39(18-5-1)41-21-14-27-47(37-41)55-58-54(40-19-6-2-7-20-40)59-56(60-55)48-28-15-25-45(38-48)43-23-12-22-42(35-43)44-24-13-26-46(36-44)49-30-16-32-52-53(49)50-29-8-9-31-51(50)57(52)33-10-3-11-34-57/h1-2,4-9,12-32,35-38H,3,10-11,33-34H2. The van der Waals surface area contributed by atoms with Gasteiger partial charge < -0.3 is 0 Å². The van der Waals surface area contributed by atoms with E-state index in [9.17, 15) is 0 Å². The van der Waals surface area contributed by atoms with Crippen LogP contribution in [0.5, 0.6) is 0 Å². The van der Waals surface area contributed by atoms with Crippen LogP contribution in [0.1, 0.15) is 43.2 Å². The summed E-state index contributed by atoms with van der Waals surface area (Å²) in [6.07, 6.45) is 6.39. The fourth-order valence-corrected chi connectivity index (χ4v) is 9.84. The van der Waals surface area contributed by atoms with Crippen LogP contribution in [-0.2, 0) is 5.41 Å². The average Bonchev–Trinajstić information content (AvgIpc) is 3.60. The topological polar surface area (TPSA) is 38.7 Å². The first-order valence-corrected chi connectivity index (χ1v) is 21.2. The number of hydrogen-bond donors (Lipinski definition) is 0. The first-order chi connectivity index (χ1) is 29.7. The highest BCUT2D eigenvalue weighted by Crippen LogP contribution is 2.57. The van der Waals surface area contributed by atoms with Gasteiger partial charge in [-0.05, 0) is 104 Å². The van der Waals surface area contributed by atoms with Gasteiger partial charge in [-0.25, -0.2) is 15.0 Å². The van der Waals surface area contributed by atoms with Crippen LogP contribution in [0.3, 0.4) is 0 Å². The number of nitrogens with zero attached hydrogens (tertiary/aromatic N) is 3. The van der Waals surface area contributed by atoms with Crippen LogP contribution >= 0.6 is 0 Å². The van der Waals surface area contributed by atoms with Gasteiger partial charge >= 0.3 is 0 Å². The molecule has 8 aromatic carbocycles. The predicted molar refractivity (Wildman–Crippen MR) is 247 cm³/mol. The van der Waals surface area contributed by atoms with E-state index in [1.54, 1.807) is 0 Å². The third-order valence-electron chi connectivity index (χ3n) is 12.7. The molecule has 9 aromatic rings. The van der Waals surface area contributed by atoms with Gasteiger partial charge in [-0.2, -0.15) is 0 Å². The van der Waals surface area contributed by atoms with Gasteiger partial charge in [-0.15, -0.1) is 0 Å². The smallest absolute Gasteiger partial charge is 0.164 e. The van der Waals surface area contributed by atoms with Crippen molar-refractivity contribution >= 4 is 0 Å². The predicted octanol–water partition coefficient (Wildman–Crippen LogP) is 14.8. The van der Waals surface area contributed by atoms with Crippen LogP contribution < -0.4 is 0 Å². The quantitative estimate of drug-likeness (QED) is 0.162. The van der Waals surface area contributed by atoms with Crippen molar-refractivity contribution in [3.05, 3.63) is 211 Å². The van der Waals surface area contributed by atoms with E-state index in [4.69, 9.17) is 15.0 Å². The summed E-state index contributed by atoms with van der Waals surface area (Å²) < 4.78 is 0. The molecule has 0 radical (unpaired) electrons. The number of benzene rings is 8. The second-order valence-electron chi connectivity index (χ2n) is 16.3. The molecule has 3 nitrogen and oxygen atoms in total. The summed E-state index contributed by atoms with van der Waals surface area (Å²) in [5.74, 6) is 1.93. The first-order valence-electron chi connectivity index (χ1n) is 21.2. The van der Waals surface area contributed by atoms with E-state index in [0.29, 0.717) is 17.5 Å². The molecule has 0 aliphatic heterocycles. The van der Waals surface area contributed by atoms with E-state index in [1.165, 1.54) is 76.6 Å². The van der Waals surface area contributed by atoms with Gasteiger partial charge in [0.25, 0.3) is 0 Å². The van der Waals surface area contributed by atoms with Gasteiger partial charge in [-0.1, -0.05) is 195 Å². The van der Waals surface area contributed by atoms with Gasteiger partial charge in [0.05, 0.1) is 0 Å². The minimum absolute atomic E-state index is 0.139. The van der Waals surface area contributed by atoms with E-state index in [-0.39, 0.29) is 5.41 Å². The van der Waals surface area contributed by atoms with Crippen molar-refractivity contribution in [3.63, 3.8) is 0 Å². The third-order valence-corrected chi connectivity index (χ3v) is 12.7. The van der Waals surface area contributed by atoms with Gasteiger partial charge in [0, 0.05) is 22.1 Å². The van der Waals surface area contributed by atoms with Crippen LogP contribution in [0.25, 0.3) is 89.8 Å². The van der Waals surface area contributed by atoms with E-state index >= 15 is 0 Å². The lowest BCUT2D eigenvalue weighted by molar-refractivity contribution is 0.353. The Morgan fingerprint density at radius 3 is 1.27 bits per heavy atom. The highest BCUT2D eigenvalue weighted by atomic mass is 15.0. The zero-order chi connectivity index (χ0) is 39.9. The van der Waals surface area contributed by atoms with Crippen LogP contribution in [0, 0.1) is 0 Å². The number of aromatic nitrogens is 3. The van der Waals surface area contributed by atoms with Crippen LogP contribution in [-0.4, -0.2) is 15.0 Å². The maximum Gasteiger partial charge on any atom is 0.164 e. The lowest BCUT2D eigenvalue weighted by atomic mass is 9.68. The summed E-state index contributed by atoms with van der Waals surface area (Å²) in [5, 5.41) is 0. The number of rotatable bonds is 7. The molecule has 1 saturated carbocycles. The molecule has 0 saturated heterocycles. The Kier molecular flexibility index (Phi) is 9.08. The molecule has 1 heterocycles. The Morgan fingerprint density at radius 2 is 0.667 bits per heavy atom. The van der Waals surface area contributed by atoms with Crippen molar-refractivity contribution in [1.82, 2.24) is 15.0 Å². The highest BCUT2D eigenvalue weighted by Gasteiger charge is 2.44. The molecule has 3 heteroatoms. The molecule has 0 bridgehead atoms. The van der Waals surface area contributed by atoms with Crippen molar-refractivity contribution < 1.29 is 0 Å². The Balaban J connectivity index is 0.955. The van der Waals surface area contributed by atoms with E-state index < -0.39 is 0 Å². The second kappa shape index (κ2) is 15.2. The first kappa shape index (κ1) is 35.9. The highest BCUT2D eigenvalue weighted by molar-refractivity contribution is 5.93. The van der Waals surface area contributed by atoms with Gasteiger partial charge in [0.1, 0.15) is 0 Å². The molecule has 1 aromatic heterocycles. The molecule has 0 N–H and O–H groups in total. The van der Waals surface area contributed by atoms with E-state index in [1.807, 2.05) is 24.3 Å². The summed E-state index contributed by atoms with van der Waals surface area (Å²) in [4.78, 5) is 15.2. The van der Waals surface area contributed by atoms with Gasteiger partial charge in [-0.3, -0.25) is 0 Å². The Morgan fingerprint density at radius 1 is 0.283 bits per heavy atom. The monoisotopic (exact) mass is 769 g/mol. The lowest BCUT2D eigenvalue weighted by Gasteiger charge is -2.36. The molecule has 1 fully saturated rings. The van der Waals surface area contributed by atoms with Gasteiger partial charge in [0.15, 0.2) is 17.5 Å². The van der Waals surface area contributed by atoms with Gasteiger partial charge in [0.2, 0.25) is 0 Å². The molecule has 0 unspecified atom stereocenters. The summed E-state index contributed by atoms with van der Waals surface area (Å²) in [7, 11) is 0. The number of hydrogen-bond acceptors (Lipinski definition) is 3. The minimum Gasteiger partial charge on any atom is -0.208 e. The van der Waals surface area contributed by atoms with E-state index in [2.05, 4.69) is 176 Å². The normalized spacial score (nSPS) is 13.8. The molecule has 2 aliphatic carbocycles.